The molecule has 0 saturated heterocycles. The zero-order chi connectivity index (χ0) is 21.0. The number of carbonyl (C=O) groups excluding carboxylic acids is 1. The number of anilines is 1. The molecule has 29 heavy (non-hydrogen) atoms. The summed E-state index contributed by atoms with van der Waals surface area (Å²) in [6.45, 7) is 3.86. The van der Waals surface area contributed by atoms with Crippen LogP contribution in [0.4, 0.5) is 10.2 Å². The summed E-state index contributed by atoms with van der Waals surface area (Å²) in [5, 5.41) is 16.0. The van der Waals surface area contributed by atoms with Crippen molar-refractivity contribution in [3.63, 3.8) is 0 Å². The maximum atomic E-state index is 13.3. The molecule has 0 fully saturated rings. The predicted molar refractivity (Wildman–Crippen MR) is 113 cm³/mol. The summed E-state index contributed by atoms with van der Waals surface area (Å²) in [6.07, 6.45) is 3.16. The number of amides is 1. The summed E-state index contributed by atoms with van der Waals surface area (Å²) in [4.78, 5) is 21.6. The number of thiazole rings is 1. The van der Waals surface area contributed by atoms with E-state index in [1.165, 1.54) is 29.5 Å². The number of hydrogen-bond acceptors (Lipinski definition) is 6. The van der Waals surface area contributed by atoms with E-state index in [9.17, 15) is 14.3 Å². The van der Waals surface area contributed by atoms with E-state index in [1.807, 2.05) is 19.9 Å². The number of aromatic nitrogens is 2. The van der Waals surface area contributed by atoms with Gasteiger partial charge in [0.25, 0.3) is 5.91 Å². The van der Waals surface area contributed by atoms with E-state index in [1.54, 1.807) is 12.4 Å². The number of pyridine rings is 1. The number of hydrogen-bond donors (Lipinski definition) is 3. The normalized spacial score (nSPS) is 11.0. The van der Waals surface area contributed by atoms with E-state index in [0.717, 1.165) is 10.4 Å². The summed E-state index contributed by atoms with van der Waals surface area (Å²) < 4.78 is 13.3. The number of rotatable bonds is 7. The molecule has 3 rings (SSSR count). The minimum atomic E-state index is -0.436. The van der Waals surface area contributed by atoms with Crippen molar-refractivity contribution >= 4 is 34.7 Å². The molecule has 0 aliphatic carbocycles. The molecule has 0 aliphatic heterocycles. The fourth-order valence-electron chi connectivity index (χ4n) is 2.67. The summed E-state index contributed by atoms with van der Waals surface area (Å²) in [5.74, 6) is -0.110. The van der Waals surface area contributed by atoms with Gasteiger partial charge in [0, 0.05) is 30.5 Å². The van der Waals surface area contributed by atoms with E-state index in [-0.39, 0.29) is 30.1 Å². The second-order valence-corrected chi connectivity index (χ2v) is 8.07. The third kappa shape index (κ3) is 5.29. The van der Waals surface area contributed by atoms with Gasteiger partial charge in [-0.05, 0) is 43.2 Å². The van der Waals surface area contributed by atoms with E-state index in [4.69, 9.17) is 11.6 Å². The number of aliphatic hydroxyl groups excluding tert-OH is 1. The van der Waals surface area contributed by atoms with Crippen molar-refractivity contribution in [3.8, 4) is 10.4 Å². The van der Waals surface area contributed by atoms with Crippen molar-refractivity contribution in [2.24, 2.45) is 0 Å². The topological polar surface area (TPSA) is 87.1 Å². The van der Waals surface area contributed by atoms with Crippen LogP contribution in [-0.4, -0.2) is 27.0 Å². The Hall–Kier alpha value is -2.55. The van der Waals surface area contributed by atoms with Crippen molar-refractivity contribution < 1.29 is 14.3 Å². The Balaban J connectivity index is 1.74. The smallest absolute Gasteiger partial charge is 0.280 e. The molecule has 3 N–H and O–H groups in total. The SMILES string of the molecule is CC(C)Nc1cc(-c2cnc(C(=O)NCc3ccc(F)cc3CO)s2)c(Cl)cn1. The lowest BCUT2D eigenvalue weighted by atomic mass is 10.1. The molecule has 0 aliphatic rings. The van der Waals surface area contributed by atoms with Gasteiger partial charge < -0.3 is 15.7 Å². The lowest BCUT2D eigenvalue weighted by Crippen LogP contribution is -2.23. The molecule has 2 heterocycles. The summed E-state index contributed by atoms with van der Waals surface area (Å²) in [5.41, 5.74) is 1.81. The zero-order valence-electron chi connectivity index (χ0n) is 15.9. The van der Waals surface area contributed by atoms with Crippen LogP contribution in [-0.2, 0) is 13.2 Å². The molecule has 1 amide bonds. The Kier molecular flexibility index (Phi) is 6.79. The number of halogens is 2. The van der Waals surface area contributed by atoms with Crippen LogP contribution in [0.2, 0.25) is 5.02 Å². The van der Waals surface area contributed by atoms with Gasteiger partial charge in [-0.2, -0.15) is 0 Å². The minimum absolute atomic E-state index is 0.155. The summed E-state index contributed by atoms with van der Waals surface area (Å²) in [7, 11) is 0. The first kappa shape index (κ1) is 21.2. The third-order valence-corrected chi connectivity index (χ3v) is 5.37. The Labute approximate surface area is 176 Å². The van der Waals surface area contributed by atoms with Gasteiger partial charge in [-0.15, -0.1) is 11.3 Å². The maximum Gasteiger partial charge on any atom is 0.280 e. The van der Waals surface area contributed by atoms with Gasteiger partial charge in [-0.3, -0.25) is 4.79 Å². The Bertz CT molecular complexity index is 1030. The first-order valence-corrected chi connectivity index (χ1v) is 10.1. The molecule has 0 spiro atoms. The van der Waals surface area contributed by atoms with Crippen LogP contribution in [0.1, 0.15) is 34.8 Å². The van der Waals surface area contributed by atoms with Crippen molar-refractivity contribution in [1.29, 1.82) is 0 Å². The van der Waals surface area contributed by atoms with Gasteiger partial charge in [0.05, 0.1) is 16.5 Å². The molecule has 0 unspecified atom stereocenters. The monoisotopic (exact) mass is 434 g/mol. The van der Waals surface area contributed by atoms with Crippen LogP contribution >= 0.6 is 22.9 Å². The number of benzene rings is 1. The Morgan fingerprint density at radius 1 is 1.24 bits per heavy atom. The first-order chi connectivity index (χ1) is 13.9. The molecular formula is C20H20ClFN4O2S. The number of nitrogens with zero attached hydrogens (tertiary/aromatic N) is 2. The second kappa shape index (κ2) is 9.30. The molecule has 1 aromatic carbocycles. The first-order valence-electron chi connectivity index (χ1n) is 8.92. The molecule has 2 aromatic heterocycles. The van der Waals surface area contributed by atoms with Gasteiger partial charge in [0.2, 0.25) is 0 Å². The summed E-state index contributed by atoms with van der Waals surface area (Å²) >= 11 is 7.49. The molecule has 0 saturated carbocycles. The van der Waals surface area contributed by atoms with Crippen LogP contribution in [0.5, 0.6) is 0 Å². The van der Waals surface area contributed by atoms with Crippen molar-refractivity contribution in [2.45, 2.75) is 33.0 Å². The van der Waals surface area contributed by atoms with Gasteiger partial charge in [0.1, 0.15) is 11.6 Å². The Morgan fingerprint density at radius 3 is 2.76 bits per heavy atom. The fourth-order valence-corrected chi connectivity index (χ4v) is 3.80. The van der Waals surface area contributed by atoms with Crippen LogP contribution in [0, 0.1) is 5.82 Å². The molecule has 9 heteroatoms. The fraction of sp³-hybridized carbons (Fsp3) is 0.250. The van der Waals surface area contributed by atoms with Gasteiger partial charge in [-0.1, -0.05) is 17.7 Å². The molecule has 0 radical (unpaired) electrons. The van der Waals surface area contributed by atoms with Crippen molar-refractivity contribution in [2.75, 3.05) is 5.32 Å². The minimum Gasteiger partial charge on any atom is -0.392 e. The average Bonchev–Trinajstić information content (AvgIpc) is 3.17. The molecule has 0 bridgehead atoms. The van der Waals surface area contributed by atoms with E-state index < -0.39 is 5.82 Å². The Morgan fingerprint density at radius 2 is 2.03 bits per heavy atom. The number of aliphatic hydroxyl groups is 1. The predicted octanol–water partition coefficient (Wildman–Crippen LogP) is 4.24. The average molecular weight is 435 g/mol. The van der Waals surface area contributed by atoms with Crippen LogP contribution in [0.3, 0.4) is 0 Å². The molecule has 6 nitrogen and oxygen atoms in total. The van der Waals surface area contributed by atoms with Crippen LogP contribution < -0.4 is 10.6 Å². The number of carbonyl (C=O) groups is 1. The lowest BCUT2D eigenvalue weighted by Gasteiger charge is -2.10. The second-order valence-electron chi connectivity index (χ2n) is 6.63. The molecular weight excluding hydrogens is 415 g/mol. The van der Waals surface area contributed by atoms with E-state index >= 15 is 0 Å². The standard InChI is InChI=1S/C20H20ClFN4O2S/c1-11(2)26-18-6-15(16(21)8-23-18)17-9-25-20(29-17)19(28)24-7-12-3-4-14(22)5-13(12)10-27/h3-6,8-9,11,27H,7,10H2,1-2H3,(H,23,26)(H,24,28). The highest BCUT2D eigenvalue weighted by Crippen LogP contribution is 2.33. The summed E-state index contributed by atoms with van der Waals surface area (Å²) in [6, 6.07) is 6.11. The van der Waals surface area contributed by atoms with Crippen LogP contribution in [0.15, 0.2) is 36.7 Å². The quantitative estimate of drug-likeness (QED) is 0.517. The maximum absolute atomic E-state index is 13.3. The largest absolute Gasteiger partial charge is 0.392 e. The molecule has 0 atom stereocenters. The molecule has 152 valence electrons. The number of nitrogens with one attached hydrogen (secondary N) is 2. The lowest BCUT2D eigenvalue weighted by molar-refractivity contribution is 0.0950. The van der Waals surface area contributed by atoms with Gasteiger partial charge in [0.15, 0.2) is 5.01 Å². The van der Waals surface area contributed by atoms with Crippen molar-refractivity contribution in [1.82, 2.24) is 15.3 Å². The highest BCUT2D eigenvalue weighted by Gasteiger charge is 2.15. The highest BCUT2D eigenvalue weighted by atomic mass is 35.5. The highest BCUT2D eigenvalue weighted by molar-refractivity contribution is 7.17. The van der Waals surface area contributed by atoms with E-state index in [2.05, 4.69) is 20.6 Å². The van der Waals surface area contributed by atoms with Crippen molar-refractivity contribution in [3.05, 3.63) is 63.6 Å². The van der Waals surface area contributed by atoms with Crippen LogP contribution in [0.25, 0.3) is 10.4 Å². The molecule has 3 aromatic rings. The van der Waals surface area contributed by atoms with Gasteiger partial charge in [-0.25, -0.2) is 14.4 Å². The van der Waals surface area contributed by atoms with Gasteiger partial charge >= 0.3 is 0 Å². The third-order valence-electron chi connectivity index (χ3n) is 4.04. The van der Waals surface area contributed by atoms with E-state index in [0.29, 0.717) is 22.0 Å². The zero-order valence-corrected chi connectivity index (χ0v) is 17.4.